The van der Waals surface area contributed by atoms with Crippen LogP contribution in [0.1, 0.15) is 19.3 Å². The lowest BCUT2D eigenvalue weighted by Crippen LogP contribution is -2.29. The maximum atomic E-state index is 11.5. The summed E-state index contributed by atoms with van der Waals surface area (Å²) in [6.07, 6.45) is 8.93. The van der Waals surface area contributed by atoms with Gasteiger partial charge in [-0.15, -0.1) is 12.3 Å². The van der Waals surface area contributed by atoms with Gasteiger partial charge in [-0.05, 0) is 12.8 Å². The minimum absolute atomic E-state index is 0.309. The Morgan fingerprint density at radius 2 is 2.33 bits per heavy atom. The number of ether oxygens (including phenoxy) is 1. The monoisotopic (exact) mass is 248 g/mol. The van der Waals surface area contributed by atoms with Gasteiger partial charge in [0.15, 0.2) is 0 Å². The molecule has 96 valence electrons. The number of unbranched alkanes of at least 4 members (excludes halogenated alkanes) is 2. The minimum atomic E-state index is -0.309. The summed E-state index contributed by atoms with van der Waals surface area (Å²) in [6.45, 7) is 0.579. The van der Waals surface area contributed by atoms with E-state index in [1.54, 1.807) is 0 Å². The maximum absolute atomic E-state index is 11.5. The van der Waals surface area contributed by atoms with E-state index in [0.29, 0.717) is 18.2 Å². The average Bonchev–Trinajstić information content (AvgIpc) is 2.38. The van der Waals surface area contributed by atoms with Crippen LogP contribution in [0.25, 0.3) is 0 Å². The van der Waals surface area contributed by atoms with Gasteiger partial charge < -0.3 is 10.1 Å². The van der Waals surface area contributed by atoms with Gasteiger partial charge >= 0.3 is 6.03 Å². The van der Waals surface area contributed by atoms with Gasteiger partial charge in [-0.2, -0.15) is 0 Å². The predicted molar refractivity (Wildman–Crippen MR) is 68.3 cm³/mol. The van der Waals surface area contributed by atoms with Crippen molar-refractivity contribution in [3.05, 3.63) is 12.4 Å². The van der Waals surface area contributed by atoms with Crippen LogP contribution in [0.2, 0.25) is 0 Å². The van der Waals surface area contributed by atoms with Crippen molar-refractivity contribution in [2.24, 2.45) is 0 Å². The zero-order chi connectivity index (χ0) is 13.2. The Balaban J connectivity index is 2.29. The summed E-state index contributed by atoms with van der Waals surface area (Å²) >= 11 is 0. The maximum Gasteiger partial charge on any atom is 0.320 e. The molecule has 1 heterocycles. The molecule has 0 saturated carbocycles. The fraction of sp³-hybridized carbons (Fsp3) is 0.417. The van der Waals surface area contributed by atoms with Gasteiger partial charge in [-0.25, -0.2) is 14.8 Å². The zero-order valence-electron chi connectivity index (χ0n) is 10.3. The number of urea groups is 1. The molecule has 6 nitrogen and oxygen atoms in total. The number of rotatable bonds is 6. The highest BCUT2D eigenvalue weighted by Gasteiger charge is 2.03. The first-order valence-electron chi connectivity index (χ1n) is 5.60. The van der Waals surface area contributed by atoms with Crippen LogP contribution in [-0.4, -0.2) is 29.7 Å². The molecule has 0 atom stereocenters. The molecule has 0 aliphatic carbocycles. The van der Waals surface area contributed by atoms with Crippen molar-refractivity contribution >= 4 is 11.8 Å². The summed E-state index contributed by atoms with van der Waals surface area (Å²) in [7, 11) is 1.50. The molecule has 6 heteroatoms. The number of amides is 2. The smallest absolute Gasteiger partial charge is 0.320 e. The molecule has 2 N–H and O–H groups in total. The fourth-order valence-corrected chi connectivity index (χ4v) is 1.23. The first-order chi connectivity index (χ1) is 8.76. The molecule has 18 heavy (non-hydrogen) atoms. The second-order valence-corrected chi connectivity index (χ2v) is 3.49. The van der Waals surface area contributed by atoms with E-state index < -0.39 is 0 Å². The number of methoxy groups -OCH3 is 1. The van der Waals surface area contributed by atoms with Crippen LogP contribution >= 0.6 is 0 Å². The molecule has 0 aliphatic heterocycles. The van der Waals surface area contributed by atoms with Crippen LogP contribution in [0.15, 0.2) is 12.4 Å². The summed E-state index contributed by atoms with van der Waals surface area (Å²) in [5.74, 6) is 3.34. The Bertz CT molecular complexity index is 428. The van der Waals surface area contributed by atoms with Crippen LogP contribution in [0.5, 0.6) is 5.88 Å². The van der Waals surface area contributed by atoms with Gasteiger partial charge in [-0.3, -0.25) is 5.32 Å². The molecule has 0 bridgehead atoms. The molecule has 1 aromatic rings. The van der Waals surface area contributed by atoms with Gasteiger partial charge in [0.2, 0.25) is 5.88 Å². The largest absolute Gasteiger partial charge is 0.481 e. The third-order valence-electron chi connectivity index (χ3n) is 2.13. The number of nitrogens with zero attached hydrogens (tertiary/aromatic N) is 2. The minimum Gasteiger partial charge on any atom is -0.481 e. The van der Waals surface area contributed by atoms with Crippen LogP contribution in [0.3, 0.4) is 0 Å². The first-order valence-corrected chi connectivity index (χ1v) is 5.60. The number of carbonyl (C=O) groups excluding carboxylic acids is 1. The van der Waals surface area contributed by atoms with Crippen LogP contribution in [-0.2, 0) is 0 Å². The van der Waals surface area contributed by atoms with E-state index >= 15 is 0 Å². The quantitative estimate of drug-likeness (QED) is 0.589. The molecular weight excluding hydrogens is 232 g/mol. The third-order valence-corrected chi connectivity index (χ3v) is 2.13. The number of carbonyl (C=O) groups is 1. The standard InChI is InChI=1S/C12H16N4O2/c1-3-4-5-6-7-13-12(17)16-10-8-11(18-2)15-9-14-10/h1,8-9H,4-7H2,2H3,(H2,13,14,15,16,17). The Morgan fingerprint density at radius 1 is 1.50 bits per heavy atom. The van der Waals surface area contributed by atoms with Gasteiger partial charge in [-0.1, -0.05) is 0 Å². The Morgan fingerprint density at radius 3 is 3.06 bits per heavy atom. The van der Waals surface area contributed by atoms with Crippen molar-refractivity contribution < 1.29 is 9.53 Å². The summed E-state index contributed by atoms with van der Waals surface area (Å²) < 4.78 is 4.92. The van der Waals surface area contributed by atoms with E-state index in [1.165, 1.54) is 19.5 Å². The first kappa shape index (κ1) is 13.8. The Kier molecular flexibility index (Phi) is 6.04. The van der Waals surface area contributed by atoms with Crippen molar-refractivity contribution in [2.45, 2.75) is 19.3 Å². The molecule has 0 aromatic carbocycles. The molecule has 0 spiro atoms. The molecule has 1 aromatic heterocycles. The van der Waals surface area contributed by atoms with E-state index in [4.69, 9.17) is 11.2 Å². The van der Waals surface area contributed by atoms with Crippen molar-refractivity contribution in [3.63, 3.8) is 0 Å². The van der Waals surface area contributed by atoms with Crippen molar-refractivity contribution in [2.75, 3.05) is 19.0 Å². The van der Waals surface area contributed by atoms with Crippen LogP contribution in [0, 0.1) is 12.3 Å². The molecule has 0 aliphatic rings. The summed E-state index contributed by atoms with van der Waals surface area (Å²) in [4.78, 5) is 19.2. The summed E-state index contributed by atoms with van der Waals surface area (Å²) in [5.41, 5.74) is 0. The Hall–Kier alpha value is -2.29. The predicted octanol–water partition coefficient (Wildman–Crippen LogP) is 1.41. The summed E-state index contributed by atoms with van der Waals surface area (Å²) in [5, 5.41) is 5.29. The van der Waals surface area contributed by atoms with Crippen molar-refractivity contribution in [1.82, 2.24) is 15.3 Å². The average molecular weight is 248 g/mol. The SMILES string of the molecule is C#CCCCCNC(=O)Nc1cc(OC)ncn1. The lowest BCUT2D eigenvalue weighted by molar-refractivity contribution is 0.252. The lowest BCUT2D eigenvalue weighted by Gasteiger charge is -2.06. The van der Waals surface area contributed by atoms with E-state index in [0.717, 1.165) is 19.3 Å². The number of terminal acetylenes is 1. The Labute approximate surface area is 106 Å². The number of nitrogens with one attached hydrogen (secondary N) is 2. The van der Waals surface area contributed by atoms with Crippen molar-refractivity contribution in [1.29, 1.82) is 0 Å². The van der Waals surface area contributed by atoms with E-state index in [1.807, 2.05) is 0 Å². The molecule has 0 radical (unpaired) electrons. The zero-order valence-corrected chi connectivity index (χ0v) is 10.3. The highest BCUT2D eigenvalue weighted by Crippen LogP contribution is 2.09. The second kappa shape index (κ2) is 7.90. The number of anilines is 1. The molecule has 1 rings (SSSR count). The molecule has 0 saturated heterocycles. The number of hydrogen-bond acceptors (Lipinski definition) is 4. The normalized spacial score (nSPS) is 9.33. The van der Waals surface area contributed by atoms with E-state index in [2.05, 4.69) is 26.5 Å². The molecular formula is C12H16N4O2. The molecule has 0 fully saturated rings. The van der Waals surface area contributed by atoms with E-state index in [9.17, 15) is 4.79 Å². The van der Waals surface area contributed by atoms with Gasteiger partial charge in [0.05, 0.1) is 7.11 Å². The second-order valence-electron chi connectivity index (χ2n) is 3.49. The topological polar surface area (TPSA) is 76.1 Å². The highest BCUT2D eigenvalue weighted by atomic mass is 16.5. The van der Waals surface area contributed by atoms with Crippen LogP contribution < -0.4 is 15.4 Å². The third kappa shape index (κ3) is 5.16. The summed E-state index contributed by atoms with van der Waals surface area (Å²) in [6, 6.07) is 1.23. The van der Waals surface area contributed by atoms with Gasteiger partial charge in [0.25, 0.3) is 0 Å². The van der Waals surface area contributed by atoms with Crippen LogP contribution in [0.4, 0.5) is 10.6 Å². The van der Waals surface area contributed by atoms with Crippen molar-refractivity contribution in [3.8, 4) is 18.2 Å². The van der Waals surface area contributed by atoms with Gasteiger partial charge in [0.1, 0.15) is 12.1 Å². The highest BCUT2D eigenvalue weighted by molar-refractivity contribution is 5.88. The molecule has 2 amide bonds. The lowest BCUT2D eigenvalue weighted by atomic mass is 10.2. The van der Waals surface area contributed by atoms with E-state index in [-0.39, 0.29) is 6.03 Å². The molecule has 0 unspecified atom stereocenters. The fourth-order valence-electron chi connectivity index (χ4n) is 1.23. The number of hydrogen-bond donors (Lipinski definition) is 2. The van der Waals surface area contributed by atoms with Gasteiger partial charge in [0, 0.05) is 19.0 Å². The number of aromatic nitrogens is 2.